The maximum absolute atomic E-state index is 12.1. The molecular formula is C31H26Cl2N2O3. The maximum atomic E-state index is 12.1. The molecule has 1 atom stereocenters. The number of carbonyl (C=O) groups is 1. The van der Waals surface area contributed by atoms with Crippen LogP contribution in [0.2, 0.25) is 10.0 Å². The number of esters is 1. The minimum absolute atomic E-state index is 0.0990. The fraction of sp³-hybridized carbons (Fsp3) is 0.161. The number of rotatable bonds is 7. The molecule has 0 N–H and O–H groups in total. The first-order chi connectivity index (χ1) is 18.4. The van der Waals surface area contributed by atoms with Crippen LogP contribution in [0.5, 0.6) is 5.75 Å². The third-order valence-electron chi connectivity index (χ3n) is 6.53. The van der Waals surface area contributed by atoms with E-state index >= 15 is 0 Å². The lowest BCUT2D eigenvalue weighted by Gasteiger charge is -2.13. The number of aromatic nitrogens is 2. The van der Waals surface area contributed by atoms with Gasteiger partial charge < -0.3 is 9.47 Å². The number of halogens is 2. The first-order valence-electron chi connectivity index (χ1n) is 12.3. The van der Waals surface area contributed by atoms with Crippen molar-refractivity contribution in [2.75, 3.05) is 13.7 Å². The molecule has 5 nitrogen and oxygen atoms in total. The Bertz CT molecular complexity index is 1610. The maximum Gasteiger partial charge on any atom is 0.338 e. The number of ether oxygens (including phenoxy) is 2. The zero-order valence-electron chi connectivity index (χ0n) is 21.2. The average molecular weight is 545 g/mol. The van der Waals surface area contributed by atoms with Crippen LogP contribution in [-0.4, -0.2) is 29.5 Å². The molecule has 1 aromatic heterocycles. The number of carbonyl (C=O) groups excluding carboxylic acids is 1. The number of methoxy groups -OCH3 is 1. The van der Waals surface area contributed by atoms with Crippen molar-refractivity contribution in [1.82, 2.24) is 9.78 Å². The minimum atomic E-state index is -0.331. The molecule has 0 unspecified atom stereocenters. The highest BCUT2D eigenvalue weighted by Crippen LogP contribution is 2.37. The van der Waals surface area contributed by atoms with E-state index in [0.717, 1.165) is 44.5 Å². The van der Waals surface area contributed by atoms with Crippen molar-refractivity contribution in [1.29, 1.82) is 0 Å². The van der Waals surface area contributed by atoms with Crippen molar-refractivity contribution in [3.63, 3.8) is 0 Å². The topological polar surface area (TPSA) is 53.4 Å². The van der Waals surface area contributed by atoms with Gasteiger partial charge in [0.1, 0.15) is 11.4 Å². The van der Waals surface area contributed by atoms with E-state index in [2.05, 4.69) is 25.1 Å². The summed E-state index contributed by atoms with van der Waals surface area (Å²) in [5.74, 6) is 0.484. The summed E-state index contributed by atoms with van der Waals surface area (Å²) in [7, 11) is 1.66. The first-order valence-corrected chi connectivity index (χ1v) is 13.0. The van der Waals surface area contributed by atoms with Crippen LogP contribution in [-0.2, 0) is 4.74 Å². The predicted octanol–water partition coefficient (Wildman–Crippen LogP) is 8.47. The third kappa shape index (κ3) is 5.26. The summed E-state index contributed by atoms with van der Waals surface area (Å²) in [4.78, 5) is 12.1. The molecule has 0 spiro atoms. The Hall–Kier alpha value is -3.80. The van der Waals surface area contributed by atoms with Crippen molar-refractivity contribution in [2.45, 2.75) is 19.9 Å². The lowest BCUT2D eigenvalue weighted by molar-refractivity contribution is 0.0526. The molecule has 5 aromatic rings. The molecule has 0 bridgehead atoms. The summed E-state index contributed by atoms with van der Waals surface area (Å²) >= 11 is 12.7. The van der Waals surface area contributed by atoms with Crippen LogP contribution in [0.15, 0.2) is 85.1 Å². The summed E-state index contributed by atoms with van der Waals surface area (Å²) in [5, 5.41) is 8.26. The van der Waals surface area contributed by atoms with Crippen LogP contribution < -0.4 is 4.74 Å². The van der Waals surface area contributed by atoms with Gasteiger partial charge in [0.2, 0.25) is 0 Å². The summed E-state index contributed by atoms with van der Waals surface area (Å²) in [6.07, 6.45) is 2.04. The van der Waals surface area contributed by atoms with E-state index in [1.807, 2.05) is 53.3 Å². The van der Waals surface area contributed by atoms with E-state index in [4.69, 9.17) is 37.8 Å². The van der Waals surface area contributed by atoms with Crippen LogP contribution in [0.4, 0.5) is 0 Å². The molecule has 0 aliphatic rings. The molecule has 0 radical (unpaired) electrons. The number of fused-ring (bicyclic) bond motifs is 1. The number of hydrogen-bond donors (Lipinski definition) is 0. The lowest BCUT2D eigenvalue weighted by atomic mass is 9.99. The quantitative estimate of drug-likeness (QED) is 0.193. The molecule has 38 heavy (non-hydrogen) atoms. The smallest absolute Gasteiger partial charge is 0.338 e. The summed E-state index contributed by atoms with van der Waals surface area (Å²) in [6, 6.07) is 25.1. The second-order valence-corrected chi connectivity index (χ2v) is 9.85. The van der Waals surface area contributed by atoms with Gasteiger partial charge in [-0.2, -0.15) is 5.10 Å². The average Bonchev–Trinajstić information content (AvgIpc) is 3.37. The molecule has 5 rings (SSSR count). The molecule has 0 aliphatic carbocycles. The first kappa shape index (κ1) is 25.8. The molecule has 0 saturated carbocycles. The van der Waals surface area contributed by atoms with Crippen molar-refractivity contribution < 1.29 is 14.3 Å². The van der Waals surface area contributed by atoms with E-state index in [-0.39, 0.29) is 12.0 Å². The standard InChI is InChI=1S/C31H26Cl2N2O3/c1-4-38-31(36)21-7-5-20(6-8-21)19(2)35-18-29(30(34-35)25-14-26(32)17-27(33)15-25)24-10-9-23-16-28(37-3)12-11-22(23)13-24/h5-19H,4H2,1-3H3/t19-/m0/s1. The van der Waals surface area contributed by atoms with Gasteiger partial charge in [-0.1, -0.05) is 53.5 Å². The Morgan fingerprint density at radius 2 is 1.58 bits per heavy atom. The van der Waals surface area contributed by atoms with Gasteiger partial charge in [-0.15, -0.1) is 0 Å². The highest BCUT2D eigenvalue weighted by Gasteiger charge is 2.19. The fourth-order valence-corrected chi connectivity index (χ4v) is 5.01. The monoisotopic (exact) mass is 544 g/mol. The van der Waals surface area contributed by atoms with E-state index < -0.39 is 0 Å². The van der Waals surface area contributed by atoms with Crippen LogP contribution in [0.3, 0.4) is 0 Å². The van der Waals surface area contributed by atoms with Crippen molar-refractivity contribution >= 4 is 39.9 Å². The number of nitrogens with zero attached hydrogens (tertiary/aromatic N) is 2. The summed E-state index contributed by atoms with van der Waals surface area (Å²) in [5.41, 5.74) is 5.11. The van der Waals surface area contributed by atoms with Crippen molar-refractivity contribution in [2.24, 2.45) is 0 Å². The third-order valence-corrected chi connectivity index (χ3v) is 6.96. The SMILES string of the molecule is CCOC(=O)c1ccc([C@H](C)n2cc(-c3ccc4cc(OC)ccc4c3)c(-c3cc(Cl)cc(Cl)c3)n2)cc1. The Labute approximate surface area is 231 Å². The van der Waals surface area contributed by atoms with Crippen LogP contribution in [0, 0.1) is 0 Å². The molecule has 0 aliphatic heterocycles. The van der Waals surface area contributed by atoms with Gasteiger partial charge in [-0.05, 0) is 84.3 Å². The molecule has 4 aromatic carbocycles. The van der Waals surface area contributed by atoms with Crippen LogP contribution in [0.25, 0.3) is 33.2 Å². The van der Waals surface area contributed by atoms with Crippen molar-refractivity contribution in [3.05, 3.63) is 106 Å². The van der Waals surface area contributed by atoms with Gasteiger partial charge in [0.05, 0.1) is 25.3 Å². The van der Waals surface area contributed by atoms with Crippen LogP contribution in [0.1, 0.15) is 35.8 Å². The summed E-state index contributed by atoms with van der Waals surface area (Å²) in [6.45, 7) is 4.20. The minimum Gasteiger partial charge on any atom is -0.497 e. The Morgan fingerprint density at radius 3 is 2.26 bits per heavy atom. The molecule has 0 saturated heterocycles. The fourth-order valence-electron chi connectivity index (χ4n) is 4.49. The van der Waals surface area contributed by atoms with Gasteiger partial charge in [-0.3, -0.25) is 4.68 Å². The van der Waals surface area contributed by atoms with Crippen LogP contribution >= 0.6 is 23.2 Å². The highest BCUT2D eigenvalue weighted by atomic mass is 35.5. The normalized spacial score (nSPS) is 11.9. The number of hydrogen-bond acceptors (Lipinski definition) is 4. The molecule has 0 fully saturated rings. The molecule has 192 valence electrons. The second-order valence-electron chi connectivity index (χ2n) is 8.98. The second kappa shape index (κ2) is 10.9. The molecule has 7 heteroatoms. The number of benzene rings is 4. The van der Waals surface area contributed by atoms with Crippen molar-refractivity contribution in [3.8, 4) is 28.1 Å². The zero-order valence-corrected chi connectivity index (χ0v) is 22.8. The van der Waals surface area contributed by atoms with Gasteiger partial charge in [0, 0.05) is 27.4 Å². The Balaban J connectivity index is 1.59. The summed E-state index contributed by atoms with van der Waals surface area (Å²) < 4.78 is 12.4. The van der Waals surface area contributed by atoms with Gasteiger partial charge >= 0.3 is 5.97 Å². The Morgan fingerprint density at radius 1 is 0.895 bits per heavy atom. The van der Waals surface area contributed by atoms with E-state index in [1.54, 1.807) is 32.2 Å². The zero-order chi connectivity index (χ0) is 26.8. The van der Waals surface area contributed by atoms with Gasteiger partial charge in [-0.25, -0.2) is 4.79 Å². The van der Waals surface area contributed by atoms with Gasteiger partial charge in [0.25, 0.3) is 0 Å². The van der Waals surface area contributed by atoms with E-state index in [9.17, 15) is 4.79 Å². The van der Waals surface area contributed by atoms with Gasteiger partial charge in [0.15, 0.2) is 0 Å². The highest BCUT2D eigenvalue weighted by molar-refractivity contribution is 6.35. The molecule has 1 heterocycles. The largest absolute Gasteiger partial charge is 0.497 e. The lowest BCUT2D eigenvalue weighted by Crippen LogP contribution is -2.09. The molecular weight excluding hydrogens is 519 g/mol. The predicted molar refractivity (Wildman–Crippen MR) is 153 cm³/mol. The van der Waals surface area contributed by atoms with E-state index in [0.29, 0.717) is 22.2 Å². The van der Waals surface area contributed by atoms with E-state index in [1.165, 1.54) is 0 Å². The molecule has 0 amide bonds. The Kier molecular flexibility index (Phi) is 7.41.